The molecule has 0 unspecified atom stereocenters. The Morgan fingerprint density at radius 2 is 1.76 bits per heavy atom. The van der Waals surface area contributed by atoms with E-state index < -0.39 is 11.7 Å². The summed E-state index contributed by atoms with van der Waals surface area (Å²) in [5, 5.41) is 6.17. The van der Waals surface area contributed by atoms with Gasteiger partial charge in [-0.15, -0.1) is 0 Å². The van der Waals surface area contributed by atoms with Crippen molar-refractivity contribution < 1.29 is 9.18 Å². The van der Waals surface area contributed by atoms with Gasteiger partial charge in [-0.2, -0.15) is 0 Å². The molecule has 110 valence electrons. The average molecular weight is 348 g/mol. The molecule has 2 N–H and O–H groups in total. The number of amides is 1. The highest BCUT2D eigenvalue weighted by Gasteiger charge is 2.10. The molecule has 0 saturated carbocycles. The van der Waals surface area contributed by atoms with Crippen LogP contribution in [-0.4, -0.2) is 12.5 Å². The Labute approximate surface area is 136 Å². The van der Waals surface area contributed by atoms with Crippen molar-refractivity contribution in [1.82, 2.24) is 0 Å². The summed E-state index contributed by atoms with van der Waals surface area (Å²) in [7, 11) is 0. The predicted molar refractivity (Wildman–Crippen MR) is 85.0 cm³/mol. The third-order valence-electron chi connectivity index (χ3n) is 2.60. The minimum atomic E-state index is -0.536. The molecule has 21 heavy (non-hydrogen) atoms. The average Bonchev–Trinajstić information content (AvgIpc) is 2.42. The number of para-hydroxylation sites is 1. The van der Waals surface area contributed by atoms with Gasteiger partial charge in [-0.1, -0.05) is 40.9 Å². The molecule has 0 fully saturated rings. The van der Waals surface area contributed by atoms with E-state index in [-0.39, 0.29) is 17.3 Å². The Morgan fingerprint density at radius 3 is 2.38 bits per heavy atom. The third kappa shape index (κ3) is 4.24. The van der Waals surface area contributed by atoms with Crippen molar-refractivity contribution in [3.8, 4) is 0 Å². The Hall–Kier alpha value is -1.49. The molecule has 0 saturated heterocycles. The first kappa shape index (κ1) is 15.9. The van der Waals surface area contributed by atoms with E-state index in [1.54, 1.807) is 18.2 Å². The van der Waals surface area contributed by atoms with Crippen LogP contribution < -0.4 is 10.6 Å². The molecule has 0 heterocycles. The molecule has 2 aromatic rings. The van der Waals surface area contributed by atoms with E-state index in [9.17, 15) is 9.18 Å². The number of hydrogen-bond donors (Lipinski definition) is 2. The predicted octanol–water partition coefficient (Wildman–Crippen LogP) is 4.84. The molecule has 2 rings (SSSR count). The van der Waals surface area contributed by atoms with E-state index in [1.165, 1.54) is 12.1 Å². The number of nitrogens with one attached hydrogen (secondary N) is 2. The Bertz CT molecular complexity index is 659. The van der Waals surface area contributed by atoms with Gasteiger partial charge in [-0.25, -0.2) is 4.39 Å². The van der Waals surface area contributed by atoms with E-state index in [0.717, 1.165) is 6.07 Å². The number of rotatable bonds is 4. The highest BCUT2D eigenvalue weighted by Crippen LogP contribution is 2.29. The lowest BCUT2D eigenvalue weighted by molar-refractivity contribution is -0.114. The van der Waals surface area contributed by atoms with Gasteiger partial charge in [-0.3, -0.25) is 4.79 Å². The number of carbonyl (C=O) groups is 1. The first-order valence-electron chi connectivity index (χ1n) is 5.90. The van der Waals surface area contributed by atoms with Crippen LogP contribution in [0.2, 0.25) is 15.1 Å². The molecule has 7 heteroatoms. The summed E-state index contributed by atoms with van der Waals surface area (Å²) in [5.41, 5.74) is 0.504. The van der Waals surface area contributed by atoms with Gasteiger partial charge in [0.15, 0.2) is 0 Å². The summed E-state index contributed by atoms with van der Waals surface area (Å²) in [5.74, 6) is -0.939. The van der Waals surface area contributed by atoms with Gasteiger partial charge in [-0.05, 0) is 30.3 Å². The summed E-state index contributed by atoms with van der Waals surface area (Å²) >= 11 is 17.5. The third-order valence-corrected chi connectivity index (χ3v) is 3.46. The largest absolute Gasteiger partial charge is 0.374 e. The monoisotopic (exact) mass is 346 g/mol. The second kappa shape index (κ2) is 6.98. The fourth-order valence-electron chi connectivity index (χ4n) is 1.61. The van der Waals surface area contributed by atoms with Gasteiger partial charge in [0.05, 0.1) is 28.0 Å². The minimum absolute atomic E-state index is 0.139. The van der Waals surface area contributed by atoms with Gasteiger partial charge < -0.3 is 10.6 Å². The molecule has 0 aliphatic carbocycles. The van der Waals surface area contributed by atoms with E-state index in [2.05, 4.69) is 10.6 Å². The lowest BCUT2D eigenvalue weighted by Gasteiger charge is -2.11. The molecule has 0 aliphatic rings. The second-order valence-electron chi connectivity index (χ2n) is 4.12. The van der Waals surface area contributed by atoms with Gasteiger partial charge in [0.25, 0.3) is 0 Å². The van der Waals surface area contributed by atoms with Crippen molar-refractivity contribution in [2.75, 3.05) is 17.2 Å². The number of hydrogen-bond acceptors (Lipinski definition) is 2. The SMILES string of the molecule is O=C(CNc1ccc(Cl)cc1F)Nc1c(Cl)cccc1Cl. The van der Waals surface area contributed by atoms with Crippen LogP contribution in [0.4, 0.5) is 15.8 Å². The number of carbonyl (C=O) groups excluding carboxylic acids is 1. The second-order valence-corrected chi connectivity index (χ2v) is 5.37. The molecule has 3 nitrogen and oxygen atoms in total. The molecule has 0 atom stereocenters. The summed E-state index contributed by atoms with van der Waals surface area (Å²) in [6.45, 7) is -0.139. The van der Waals surface area contributed by atoms with Gasteiger partial charge in [0.2, 0.25) is 5.91 Å². The molecule has 0 bridgehead atoms. The summed E-state index contributed by atoms with van der Waals surface area (Å²) in [4.78, 5) is 11.8. The van der Waals surface area contributed by atoms with Crippen molar-refractivity contribution in [3.05, 3.63) is 57.3 Å². The van der Waals surface area contributed by atoms with Crippen LogP contribution in [0.25, 0.3) is 0 Å². The van der Waals surface area contributed by atoms with Gasteiger partial charge >= 0.3 is 0 Å². The fraction of sp³-hybridized carbons (Fsp3) is 0.0714. The van der Waals surface area contributed by atoms with Crippen molar-refractivity contribution >= 4 is 52.1 Å². The van der Waals surface area contributed by atoms with E-state index in [0.29, 0.717) is 15.7 Å². The normalized spacial score (nSPS) is 10.3. The van der Waals surface area contributed by atoms with Crippen molar-refractivity contribution in [2.24, 2.45) is 0 Å². The Morgan fingerprint density at radius 1 is 1.10 bits per heavy atom. The number of anilines is 2. The van der Waals surface area contributed by atoms with Crippen LogP contribution in [0.15, 0.2) is 36.4 Å². The topological polar surface area (TPSA) is 41.1 Å². The molecular formula is C14H10Cl3FN2O. The maximum atomic E-state index is 13.5. The van der Waals surface area contributed by atoms with Gasteiger partial charge in [0.1, 0.15) is 5.82 Å². The minimum Gasteiger partial charge on any atom is -0.374 e. The molecule has 0 aromatic heterocycles. The number of halogens is 4. The number of benzene rings is 2. The lowest BCUT2D eigenvalue weighted by Crippen LogP contribution is -2.22. The van der Waals surface area contributed by atoms with Crippen LogP contribution in [-0.2, 0) is 4.79 Å². The van der Waals surface area contributed by atoms with Crippen LogP contribution in [0.1, 0.15) is 0 Å². The molecular weight excluding hydrogens is 338 g/mol. The molecule has 0 aliphatic heterocycles. The summed E-state index contributed by atoms with van der Waals surface area (Å²) in [6.07, 6.45) is 0. The zero-order chi connectivity index (χ0) is 15.4. The summed E-state index contributed by atoms with van der Waals surface area (Å²) in [6, 6.07) is 9.02. The molecule has 1 amide bonds. The summed E-state index contributed by atoms with van der Waals surface area (Å²) < 4.78 is 13.5. The quantitative estimate of drug-likeness (QED) is 0.831. The zero-order valence-electron chi connectivity index (χ0n) is 10.6. The fourth-order valence-corrected chi connectivity index (χ4v) is 2.26. The van der Waals surface area contributed by atoms with E-state index in [1.807, 2.05) is 0 Å². The van der Waals surface area contributed by atoms with Crippen molar-refractivity contribution in [3.63, 3.8) is 0 Å². The zero-order valence-corrected chi connectivity index (χ0v) is 12.9. The standard InChI is InChI=1S/C14H10Cl3FN2O/c15-8-4-5-12(11(18)6-8)19-7-13(21)20-14-9(16)2-1-3-10(14)17/h1-6,19H,7H2,(H,20,21). The maximum Gasteiger partial charge on any atom is 0.243 e. The lowest BCUT2D eigenvalue weighted by atomic mass is 10.3. The maximum absolute atomic E-state index is 13.5. The Kier molecular flexibility index (Phi) is 5.28. The van der Waals surface area contributed by atoms with E-state index in [4.69, 9.17) is 34.8 Å². The van der Waals surface area contributed by atoms with Crippen molar-refractivity contribution in [2.45, 2.75) is 0 Å². The van der Waals surface area contributed by atoms with Gasteiger partial charge in [0, 0.05) is 5.02 Å². The first-order chi connectivity index (χ1) is 9.97. The highest BCUT2D eigenvalue weighted by atomic mass is 35.5. The van der Waals surface area contributed by atoms with E-state index >= 15 is 0 Å². The van der Waals surface area contributed by atoms with Crippen LogP contribution >= 0.6 is 34.8 Å². The molecule has 0 radical (unpaired) electrons. The smallest absolute Gasteiger partial charge is 0.243 e. The molecule has 2 aromatic carbocycles. The van der Waals surface area contributed by atoms with Crippen LogP contribution in [0.5, 0.6) is 0 Å². The van der Waals surface area contributed by atoms with Crippen molar-refractivity contribution in [1.29, 1.82) is 0 Å². The van der Waals surface area contributed by atoms with Crippen LogP contribution in [0, 0.1) is 5.82 Å². The first-order valence-corrected chi connectivity index (χ1v) is 7.03. The molecule has 0 spiro atoms. The van der Waals surface area contributed by atoms with Crippen LogP contribution in [0.3, 0.4) is 0 Å². The Balaban J connectivity index is 1.99. The highest BCUT2D eigenvalue weighted by molar-refractivity contribution is 6.39.